The maximum absolute atomic E-state index is 13.7. The Labute approximate surface area is 152 Å². The summed E-state index contributed by atoms with van der Waals surface area (Å²) in [7, 11) is 1.52. The van der Waals surface area contributed by atoms with E-state index in [1.54, 1.807) is 30.3 Å². The summed E-state index contributed by atoms with van der Waals surface area (Å²) < 4.78 is 25.4. The monoisotopic (exact) mass is 411 g/mol. The molecule has 2 aromatic carbocycles. The van der Waals surface area contributed by atoms with Crippen LogP contribution in [0.5, 0.6) is 11.5 Å². The Morgan fingerprint density at radius 3 is 2.83 bits per heavy atom. The number of hydrazone groups is 1. The molecule has 0 radical (unpaired) electrons. The molecule has 0 aromatic heterocycles. The summed E-state index contributed by atoms with van der Waals surface area (Å²) in [5, 5.41) is 3.96. The molecule has 8 heteroatoms. The molecule has 0 atom stereocenters. The molecular weight excluding hydrogens is 397 g/mol. The van der Waals surface area contributed by atoms with Gasteiger partial charge in [-0.1, -0.05) is 18.2 Å². The highest BCUT2D eigenvalue weighted by Gasteiger charge is 2.12. The summed E-state index contributed by atoms with van der Waals surface area (Å²) >= 11 is 8.09. The number of thiocarbonyl (C=S) groups is 1. The second-order valence-corrected chi connectivity index (χ2v) is 5.94. The van der Waals surface area contributed by atoms with Gasteiger partial charge in [0.25, 0.3) is 0 Å². The van der Waals surface area contributed by atoms with Crippen molar-refractivity contribution in [3.8, 4) is 11.5 Å². The van der Waals surface area contributed by atoms with Crippen molar-refractivity contribution in [1.29, 1.82) is 0 Å². The van der Waals surface area contributed by atoms with Crippen LogP contribution in [0.4, 0.5) is 4.39 Å². The smallest absolute Gasteiger partial charge is 0.184 e. The van der Waals surface area contributed by atoms with Gasteiger partial charge in [0, 0.05) is 5.56 Å². The minimum Gasteiger partial charge on any atom is -0.493 e. The molecule has 0 amide bonds. The minimum absolute atomic E-state index is 0.0714. The Hall–Kier alpha value is -2.19. The summed E-state index contributed by atoms with van der Waals surface area (Å²) in [6.45, 7) is 0.0814. The molecule has 2 rings (SSSR count). The van der Waals surface area contributed by atoms with E-state index in [0.717, 1.165) is 5.56 Å². The predicted molar refractivity (Wildman–Crippen MR) is 98.9 cm³/mol. The lowest BCUT2D eigenvalue weighted by atomic mass is 10.2. The molecule has 3 N–H and O–H groups in total. The lowest BCUT2D eigenvalue weighted by Crippen LogP contribution is -2.23. The van der Waals surface area contributed by atoms with Crippen LogP contribution in [-0.2, 0) is 6.61 Å². The normalized spacial score (nSPS) is 10.6. The van der Waals surface area contributed by atoms with Gasteiger partial charge < -0.3 is 15.2 Å². The van der Waals surface area contributed by atoms with Gasteiger partial charge in [-0.05, 0) is 51.9 Å². The van der Waals surface area contributed by atoms with E-state index in [1.807, 2.05) is 0 Å². The molecule has 0 spiro atoms. The molecule has 0 bridgehead atoms. The van der Waals surface area contributed by atoms with Gasteiger partial charge in [0.1, 0.15) is 12.4 Å². The Morgan fingerprint density at radius 1 is 1.42 bits per heavy atom. The molecular formula is C16H15BrFN3O2S. The summed E-state index contributed by atoms with van der Waals surface area (Å²) in [4.78, 5) is 0. The molecule has 0 heterocycles. The van der Waals surface area contributed by atoms with E-state index in [0.29, 0.717) is 21.5 Å². The molecule has 0 saturated heterocycles. The first-order valence-corrected chi connectivity index (χ1v) is 8.03. The molecule has 0 aliphatic heterocycles. The lowest BCUT2D eigenvalue weighted by Gasteiger charge is -2.14. The van der Waals surface area contributed by atoms with Crippen molar-refractivity contribution >= 4 is 39.5 Å². The predicted octanol–water partition coefficient (Wildman–Crippen LogP) is 3.34. The largest absolute Gasteiger partial charge is 0.493 e. The van der Waals surface area contributed by atoms with Crippen molar-refractivity contribution in [2.75, 3.05) is 7.11 Å². The van der Waals surface area contributed by atoms with Gasteiger partial charge in [0.15, 0.2) is 16.6 Å². The zero-order chi connectivity index (χ0) is 17.5. The Balaban J connectivity index is 2.19. The van der Waals surface area contributed by atoms with Gasteiger partial charge in [0.05, 0.1) is 17.8 Å². The Bertz CT molecular complexity index is 771. The van der Waals surface area contributed by atoms with Crippen molar-refractivity contribution in [3.05, 3.63) is 57.8 Å². The number of nitrogens with two attached hydrogens (primary N) is 1. The lowest BCUT2D eigenvalue weighted by molar-refractivity contribution is 0.278. The van der Waals surface area contributed by atoms with E-state index in [4.69, 9.17) is 15.2 Å². The number of ether oxygens (including phenoxy) is 2. The van der Waals surface area contributed by atoms with Crippen molar-refractivity contribution in [3.63, 3.8) is 0 Å². The highest BCUT2D eigenvalue weighted by Crippen LogP contribution is 2.36. The Kier molecular flexibility index (Phi) is 6.51. The SMILES string of the molecule is COc1cc(C=NNC(N)=S)cc(Br)c1OCc1ccccc1F. The zero-order valence-electron chi connectivity index (χ0n) is 12.8. The van der Waals surface area contributed by atoms with Crippen LogP contribution in [0.15, 0.2) is 46.0 Å². The van der Waals surface area contributed by atoms with E-state index >= 15 is 0 Å². The number of hydrogen-bond acceptors (Lipinski definition) is 4. The molecule has 2 aromatic rings. The summed E-state index contributed by atoms with van der Waals surface area (Å²) in [5.74, 6) is 0.637. The fourth-order valence-electron chi connectivity index (χ4n) is 1.89. The zero-order valence-corrected chi connectivity index (χ0v) is 15.2. The highest BCUT2D eigenvalue weighted by molar-refractivity contribution is 9.10. The van der Waals surface area contributed by atoms with Gasteiger partial charge in [-0.15, -0.1) is 0 Å². The number of rotatable bonds is 6. The summed E-state index contributed by atoms with van der Waals surface area (Å²) in [6.07, 6.45) is 1.53. The first-order chi connectivity index (χ1) is 11.5. The molecule has 0 aliphatic carbocycles. The Morgan fingerprint density at radius 2 is 2.17 bits per heavy atom. The van der Waals surface area contributed by atoms with Crippen LogP contribution in [0.1, 0.15) is 11.1 Å². The number of benzene rings is 2. The number of hydrogen-bond donors (Lipinski definition) is 2. The van der Waals surface area contributed by atoms with Gasteiger partial charge >= 0.3 is 0 Å². The van der Waals surface area contributed by atoms with Crippen molar-refractivity contribution in [2.24, 2.45) is 10.8 Å². The average molecular weight is 412 g/mol. The van der Waals surface area contributed by atoms with Crippen LogP contribution in [0.25, 0.3) is 0 Å². The van der Waals surface area contributed by atoms with E-state index in [1.165, 1.54) is 19.4 Å². The standard InChI is InChI=1S/C16H15BrFN3O2S/c1-22-14-7-10(8-20-21-16(19)24)6-12(17)15(14)23-9-11-4-2-3-5-13(11)18/h2-8H,9H2,1H3,(H3,19,21,24). The quantitative estimate of drug-likeness (QED) is 0.433. The number of methoxy groups -OCH3 is 1. The van der Waals surface area contributed by atoms with E-state index < -0.39 is 0 Å². The van der Waals surface area contributed by atoms with E-state index in [9.17, 15) is 4.39 Å². The van der Waals surface area contributed by atoms with Crippen molar-refractivity contribution < 1.29 is 13.9 Å². The van der Waals surface area contributed by atoms with Gasteiger partial charge in [0.2, 0.25) is 0 Å². The topological polar surface area (TPSA) is 68.9 Å². The summed E-state index contributed by atoms with van der Waals surface area (Å²) in [5.41, 5.74) is 8.96. The fraction of sp³-hybridized carbons (Fsp3) is 0.125. The second-order valence-electron chi connectivity index (χ2n) is 4.65. The maximum atomic E-state index is 13.7. The second kappa shape index (κ2) is 8.60. The molecule has 24 heavy (non-hydrogen) atoms. The van der Waals surface area contributed by atoms with Crippen LogP contribution in [0.3, 0.4) is 0 Å². The number of nitrogens with zero attached hydrogens (tertiary/aromatic N) is 1. The van der Waals surface area contributed by atoms with Crippen LogP contribution in [0.2, 0.25) is 0 Å². The summed E-state index contributed by atoms with van der Waals surface area (Å²) in [6, 6.07) is 9.95. The number of halogens is 2. The van der Waals surface area contributed by atoms with Gasteiger partial charge in [-0.2, -0.15) is 5.10 Å². The molecule has 0 fully saturated rings. The highest BCUT2D eigenvalue weighted by atomic mass is 79.9. The maximum Gasteiger partial charge on any atom is 0.184 e. The van der Waals surface area contributed by atoms with Crippen LogP contribution in [0, 0.1) is 5.82 Å². The molecule has 126 valence electrons. The van der Waals surface area contributed by atoms with Crippen LogP contribution < -0.4 is 20.6 Å². The number of nitrogens with one attached hydrogen (secondary N) is 1. The molecule has 0 aliphatic rings. The van der Waals surface area contributed by atoms with Crippen LogP contribution >= 0.6 is 28.1 Å². The van der Waals surface area contributed by atoms with Crippen molar-refractivity contribution in [2.45, 2.75) is 6.61 Å². The third kappa shape index (κ3) is 4.90. The first-order valence-electron chi connectivity index (χ1n) is 6.83. The minimum atomic E-state index is -0.319. The molecule has 5 nitrogen and oxygen atoms in total. The third-order valence-corrected chi connectivity index (χ3v) is 3.65. The van der Waals surface area contributed by atoms with Crippen LogP contribution in [-0.4, -0.2) is 18.4 Å². The fourth-order valence-corrected chi connectivity index (χ4v) is 2.52. The van der Waals surface area contributed by atoms with Gasteiger partial charge in [-0.3, -0.25) is 5.43 Å². The van der Waals surface area contributed by atoms with E-state index in [-0.39, 0.29) is 17.5 Å². The van der Waals surface area contributed by atoms with E-state index in [2.05, 4.69) is 38.7 Å². The first kappa shape index (κ1) is 18.2. The molecule has 0 unspecified atom stereocenters. The third-order valence-electron chi connectivity index (χ3n) is 2.97. The van der Waals surface area contributed by atoms with Crippen molar-refractivity contribution in [1.82, 2.24) is 5.43 Å². The average Bonchev–Trinajstić information content (AvgIpc) is 2.54. The molecule has 0 saturated carbocycles. The van der Waals surface area contributed by atoms with Gasteiger partial charge in [-0.25, -0.2) is 4.39 Å².